The van der Waals surface area contributed by atoms with Crippen molar-refractivity contribution in [3.63, 3.8) is 0 Å². The molecule has 4 nitrogen and oxygen atoms in total. The lowest BCUT2D eigenvalue weighted by molar-refractivity contribution is 0.436. The summed E-state index contributed by atoms with van der Waals surface area (Å²) in [5, 5.41) is 0. The number of hydrogen-bond acceptors (Lipinski definition) is 4. The van der Waals surface area contributed by atoms with Crippen LogP contribution in [-0.2, 0) is 0 Å². The third kappa shape index (κ3) is 2.16. The second-order valence-corrected chi connectivity index (χ2v) is 5.86. The molecule has 1 aromatic rings. The highest BCUT2D eigenvalue weighted by Gasteiger charge is 2.29. The summed E-state index contributed by atoms with van der Waals surface area (Å²) in [5.41, 5.74) is 7.09. The number of nitrogens with two attached hydrogens (primary N) is 1. The molecule has 3 rings (SSSR count). The molecule has 1 aromatic heterocycles. The van der Waals surface area contributed by atoms with Gasteiger partial charge in [-0.2, -0.15) is 0 Å². The number of nitrogen functional groups attached to an aromatic ring is 1. The van der Waals surface area contributed by atoms with Gasteiger partial charge >= 0.3 is 0 Å². The van der Waals surface area contributed by atoms with E-state index in [0.717, 1.165) is 36.2 Å². The van der Waals surface area contributed by atoms with Crippen LogP contribution in [0.5, 0.6) is 0 Å². The van der Waals surface area contributed by atoms with Crippen molar-refractivity contribution in [2.75, 3.05) is 23.7 Å². The zero-order chi connectivity index (χ0) is 12.7. The number of hydrogen-bond donors (Lipinski definition) is 1. The Balaban J connectivity index is 1.89. The second-order valence-electron chi connectivity index (χ2n) is 5.86. The molecule has 0 bridgehead atoms. The van der Waals surface area contributed by atoms with Crippen molar-refractivity contribution in [3.8, 4) is 0 Å². The lowest BCUT2D eigenvalue weighted by Crippen LogP contribution is -2.34. The Morgan fingerprint density at radius 2 is 1.78 bits per heavy atom. The standard InChI is InChI=1S/C14H22N4/c1-9-5-7-18(8-6-9)14-10(2)12(15)16-13(17-14)11-3-4-11/h9,11H,3-8H2,1-2H3,(H2,15,16,17). The van der Waals surface area contributed by atoms with Gasteiger partial charge < -0.3 is 10.6 Å². The Hall–Kier alpha value is -1.32. The molecular formula is C14H22N4. The molecule has 1 aliphatic heterocycles. The lowest BCUT2D eigenvalue weighted by Gasteiger charge is -2.32. The minimum absolute atomic E-state index is 0.565. The maximum atomic E-state index is 6.04. The molecule has 4 heteroatoms. The van der Waals surface area contributed by atoms with Crippen molar-refractivity contribution in [2.24, 2.45) is 5.92 Å². The molecule has 18 heavy (non-hydrogen) atoms. The molecule has 0 unspecified atom stereocenters. The maximum Gasteiger partial charge on any atom is 0.137 e. The van der Waals surface area contributed by atoms with Crippen molar-refractivity contribution in [1.29, 1.82) is 0 Å². The highest BCUT2D eigenvalue weighted by molar-refractivity contribution is 5.57. The normalized spacial score (nSPS) is 21.3. The van der Waals surface area contributed by atoms with Gasteiger partial charge in [0.2, 0.25) is 0 Å². The van der Waals surface area contributed by atoms with Crippen LogP contribution in [0.25, 0.3) is 0 Å². The molecule has 98 valence electrons. The van der Waals surface area contributed by atoms with E-state index in [1.54, 1.807) is 0 Å². The van der Waals surface area contributed by atoms with Crippen LogP contribution in [0.3, 0.4) is 0 Å². The molecule has 2 heterocycles. The number of anilines is 2. The molecule has 1 saturated heterocycles. The van der Waals surface area contributed by atoms with E-state index in [1.165, 1.54) is 25.7 Å². The van der Waals surface area contributed by atoms with Crippen LogP contribution in [0.15, 0.2) is 0 Å². The summed E-state index contributed by atoms with van der Waals surface area (Å²) in [7, 11) is 0. The van der Waals surface area contributed by atoms with Crippen LogP contribution in [0.1, 0.15) is 49.9 Å². The Morgan fingerprint density at radius 1 is 1.11 bits per heavy atom. The zero-order valence-electron chi connectivity index (χ0n) is 11.3. The predicted molar refractivity (Wildman–Crippen MR) is 73.8 cm³/mol. The molecule has 1 aliphatic carbocycles. The first-order valence-electron chi connectivity index (χ1n) is 7.04. The molecule has 0 spiro atoms. The van der Waals surface area contributed by atoms with Crippen molar-refractivity contribution in [2.45, 2.75) is 45.4 Å². The third-order valence-corrected chi connectivity index (χ3v) is 4.20. The van der Waals surface area contributed by atoms with Crippen molar-refractivity contribution in [1.82, 2.24) is 9.97 Å². The number of aromatic nitrogens is 2. The van der Waals surface area contributed by atoms with E-state index in [1.807, 2.05) is 6.92 Å². The van der Waals surface area contributed by atoms with E-state index < -0.39 is 0 Å². The van der Waals surface area contributed by atoms with Crippen LogP contribution in [0.2, 0.25) is 0 Å². The van der Waals surface area contributed by atoms with Gasteiger partial charge in [-0.15, -0.1) is 0 Å². The minimum atomic E-state index is 0.565. The topological polar surface area (TPSA) is 55.0 Å². The minimum Gasteiger partial charge on any atom is -0.383 e. The molecule has 1 saturated carbocycles. The summed E-state index contributed by atoms with van der Waals surface area (Å²) in [6.07, 6.45) is 4.95. The van der Waals surface area contributed by atoms with E-state index in [2.05, 4.69) is 16.8 Å². The van der Waals surface area contributed by atoms with E-state index in [0.29, 0.717) is 11.7 Å². The van der Waals surface area contributed by atoms with Gasteiger partial charge in [-0.1, -0.05) is 6.92 Å². The Kier molecular flexibility index (Phi) is 2.88. The van der Waals surface area contributed by atoms with Gasteiger partial charge in [0.25, 0.3) is 0 Å². The Labute approximate surface area is 109 Å². The summed E-state index contributed by atoms with van der Waals surface area (Å²) >= 11 is 0. The van der Waals surface area contributed by atoms with Crippen LogP contribution < -0.4 is 10.6 Å². The molecule has 0 radical (unpaired) electrons. The van der Waals surface area contributed by atoms with Gasteiger partial charge in [0.15, 0.2) is 0 Å². The van der Waals surface area contributed by atoms with Gasteiger partial charge in [-0.05, 0) is 38.5 Å². The lowest BCUT2D eigenvalue weighted by atomic mass is 9.99. The molecule has 2 N–H and O–H groups in total. The van der Waals surface area contributed by atoms with Gasteiger partial charge in [0.05, 0.1) is 0 Å². The van der Waals surface area contributed by atoms with E-state index in [9.17, 15) is 0 Å². The molecule has 0 amide bonds. The summed E-state index contributed by atoms with van der Waals surface area (Å²) in [6.45, 7) is 6.57. The average Bonchev–Trinajstić information content (AvgIpc) is 3.18. The van der Waals surface area contributed by atoms with E-state index in [-0.39, 0.29) is 0 Å². The molecule has 0 aromatic carbocycles. The molecule has 0 atom stereocenters. The first kappa shape index (κ1) is 11.8. The van der Waals surface area contributed by atoms with Gasteiger partial charge in [0.1, 0.15) is 17.5 Å². The van der Waals surface area contributed by atoms with Crippen LogP contribution in [0, 0.1) is 12.8 Å². The zero-order valence-corrected chi connectivity index (χ0v) is 11.3. The van der Waals surface area contributed by atoms with Crippen LogP contribution in [-0.4, -0.2) is 23.1 Å². The summed E-state index contributed by atoms with van der Waals surface area (Å²) in [5.74, 6) is 4.11. The summed E-state index contributed by atoms with van der Waals surface area (Å²) in [6, 6.07) is 0. The van der Waals surface area contributed by atoms with Gasteiger partial charge in [-0.25, -0.2) is 9.97 Å². The number of rotatable bonds is 2. The SMILES string of the molecule is Cc1c(N)nc(C2CC2)nc1N1CCC(C)CC1. The Morgan fingerprint density at radius 3 is 2.39 bits per heavy atom. The highest BCUT2D eigenvalue weighted by Crippen LogP contribution is 2.40. The summed E-state index contributed by atoms with van der Waals surface area (Å²) in [4.78, 5) is 11.6. The Bertz CT molecular complexity index is 445. The summed E-state index contributed by atoms with van der Waals surface area (Å²) < 4.78 is 0. The fraction of sp³-hybridized carbons (Fsp3) is 0.714. The largest absolute Gasteiger partial charge is 0.383 e. The third-order valence-electron chi connectivity index (χ3n) is 4.20. The van der Waals surface area contributed by atoms with Gasteiger partial charge in [-0.3, -0.25) is 0 Å². The molecular weight excluding hydrogens is 224 g/mol. The maximum absolute atomic E-state index is 6.04. The van der Waals surface area contributed by atoms with Crippen molar-refractivity contribution < 1.29 is 0 Å². The fourth-order valence-corrected chi connectivity index (χ4v) is 2.59. The average molecular weight is 246 g/mol. The number of piperidine rings is 1. The van der Waals surface area contributed by atoms with Crippen LogP contribution >= 0.6 is 0 Å². The van der Waals surface area contributed by atoms with Crippen LogP contribution in [0.4, 0.5) is 11.6 Å². The molecule has 2 aliphatic rings. The quantitative estimate of drug-likeness (QED) is 0.871. The predicted octanol–water partition coefficient (Wildman–Crippen LogP) is 2.48. The smallest absolute Gasteiger partial charge is 0.137 e. The van der Waals surface area contributed by atoms with E-state index in [4.69, 9.17) is 10.7 Å². The first-order chi connectivity index (χ1) is 8.65. The highest BCUT2D eigenvalue weighted by atomic mass is 15.2. The number of nitrogens with zero attached hydrogens (tertiary/aromatic N) is 3. The monoisotopic (exact) mass is 246 g/mol. The van der Waals surface area contributed by atoms with E-state index >= 15 is 0 Å². The molecule has 2 fully saturated rings. The second kappa shape index (κ2) is 4.41. The fourth-order valence-electron chi connectivity index (χ4n) is 2.59. The van der Waals surface area contributed by atoms with Crippen molar-refractivity contribution >= 4 is 11.6 Å². The van der Waals surface area contributed by atoms with Crippen molar-refractivity contribution in [3.05, 3.63) is 11.4 Å². The first-order valence-corrected chi connectivity index (χ1v) is 7.04. The van der Waals surface area contributed by atoms with Gasteiger partial charge in [0, 0.05) is 24.6 Å².